The lowest BCUT2D eigenvalue weighted by Crippen LogP contribution is -2.43. The van der Waals surface area contributed by atoms with Crippen LogP contribution < -0.4 is 5.32 Å². The van der Waals surface area contributed by atoms with Gasteiger partial charge in [-0.25, -0.2) is 9.97 Å². The Morgan fingerprint density at radius 3 is 3.00 bits per heavy atom. The largest absolute Gasteiger partial charge is 0.363 e. The van der Waals surface area contributed by atoms with E-state index in [1.807, 2.05) is 24.8 Å². The van der Waals surface area contributed by atoms with Crippen LogP contribution in [0.25, 0.3) is 10.9 Å². The Hall–Kier alpha value is -3.42. The summed E-state index contributed by atoms with van der Waals surface area (Å²) in [5.41, 5.74) is 2.22. The van der Waals surface area contributed by atoms with Crippen molar-refractivity contribution in [1.82, 2.24) is 34.6 Å². The molecule has 0 saturated carbocycles. The van der Waals surface area contributed by atoms with Crippen molar-refractivity contribution in [2.24, 2.45) is 4.99 Å². The van der Waals surface area contributed by atoms with Crippen molar-refractivity contribution in [3.63, 3.8) is 0 Å². The van der Waals surface area contributed by atoms with E-state index in [9.17, 15) is 0 Å². The lowest BCUT2D eigenvalue weighted by Gasteiger charge is -2.29. The summed E-state index contributed by atoms with van der Waals surface area (Å²) in [6, 6.07) is 6.75. The Labute approximate surface area is 161 Å². The molecule has 1 aromatic carbocycles. The maximum Gasteiger partial charge on any atom is 0.175 e. The minimum atomic E-state index is 0.0456. The summed E-state index contributed by atoms with van der Waals surface area (Å²) in [5.74, 6) is 2.95. The lowest BCUT2D eigenvalue weighted by atomic mass is 10.0. The number of imidazole rings is 2. The van der Waals surface area contributed by atoms with E-state index in [-0.39, 0.29) is 6.04 Å². The molecule has 0 saturated heterocycles. The molecule has 2 aliphatic rings. The molecule has 2 atom stereocenters. The van der Waals surface area contributed by atoms with E-state index in [0.29, 0.717) is 6.04 Å². The van der Waals surface area contributed by atoms with E-state index in [0.717, 1.165) is 54.3 Å². The van der Waals surface area contributed by atoms with Gasteiger partial charge in [0, 0.05) is 49.2 Å². The second-order valence-electron chi connectivity index (χ2n) is 7.49. The number of rotatable bonds is 2. The molecule has 2 N–H and O–H groups in total. The number of amidine groups is 1. The maximum absolute atomic E-state index is 5.06. The summed E-state index contributed by atoms with van der Waals surface area (Å²) in [5, 5.41) is 12.0. The molecule has 2 aliphatic heterocycles. The first kappa shape index (κ1) is 15.6. The summed E-state index contributed by atoms with van der Waals surface area (Å²) >= 11 is 0. The zero-order valence-electron chi connectivity index (χ0n) is 15.3. The Balaban J connectivity index is 1.32. The number of nitrogens with zero attached hydrogens (tertiary/aromatic N) is 6. The normalized spacial score (nSPS) is 21.2. The molecular weight excluding hydrogens is 352 g/mol. The van der Waals surface area contributed by atoms with Gasteiger partial charge in [0.1, 0.15) is 5.82 Å². The Morgan fingerprint density at radius 2 is 2.00 bits per heavy atom. The summed E-state index contributed by atoms with van der Waals surface area (Å²) in [6.07, 6.45) is 11.7. The summed E-state index contributed by atoms with van der Waals surface area (Å²) in [7, 11) is 0. The highest BCUT2D eigenvalue weighted by molar-refractivity contribution is 5.96. The molecule has 4 aromatic rings. The average Bonchev–Trinajstić information content (AvgIpc) is 3.46. The zero-order chi connectivity index (χ0) is 18.5. The van der Waals surface area contributed by atoms with Crippen LogP contribution in [0.15, 0.2) is 54.2 Å². The van der Waals surface area contributed by atoms with Gasteiger partial charge >= 0.3 is 0 Å². The van der Waals surface area contributed by atoms with Gasteiger partial charge in [-0.3, -0.25) is 10.1 Å². The van der Waals surface area contributed by atoms with Crippen LogP contribution >= 0.6 is 0 Å². The third-order valence-corrected chi connectivity index (χ3v) is 5.71. The van der Waals surface area contributed by atoms with Gasteiger partial charge in [-0.15, -0.1) is 0 Å². The highest BCUT2D eigenvalue weighted by Crippen LogP contribution is 2.27. The maximum atomic E-state index is 5.06. The zero-order valence-corrected chi connectivity index (χ0v) is 15.3. The van der Waals surface area contributed by atoms with Gasteiger partial charge in [-0.05, 0) is 18.1 Å². The molecular formula is C20H20N8. The number of aryl methyl sites for hydroxylation is 1. The van der Waals surface area contributed by atoms with Crippen LogP contribution in [0.2, 0.25) is 0 Å². The smallest absolute Gasteiger partial charge is 0.175 e. The molecule has 0 aliphatic carbocycles. The number of fused-ring (bicyclic) bond motifs is 3. The summed E-state index contributed by atoms with van der Waals surface area (Å²) in [6.45, 7) is 1.69. The SMILES string of the molecule is c1cn2c(n1)CCC(NC1=NC(c3ccc4cn[nH]c4c3)Cn3ccnc31)C2. The van der Waals surface area contributed by atoms with Crippen LogP contribution in [-0.4, -0.2) is 41.2 Å². The fourth-order valence-electron chi connectivity index (χ4n) is 4.24. The summed E-state index contributed by atoms with van der Waals surface area (Å²) in [4.78, 5) is 14.0. The van der Waals surface area contributed by atoms with Crippen molar-refractivity contribution in [3.8, 4) is 0 Å². The number of hydrogen-bond acceptors (Lipinski definition) is 5. The van der Waals surface area contributed by atoms with Crippen LogP contribution in [0.5, 0.6) is 0 Å². The van der Waals surface area contributed by atoms with E-state index in [2.05, 4.69) is 59.0 Å². The molecule has 0 bridgehead atoms. The van der Waals surface area contributed by atoms with Gasteiger partial charge in [-0.1, -0.05) is 12.1 Å². The number of aliphatic imine (C=N–C) groups is 1. The fraction of sp³-hybridized carbons (Fsp3) is 0.300. The Kier molecular flexibility index (Phi) is 3.37. The van der Waals surface area contributed by atoms with Gasteiger partial charge in [0.05, 0.1) is 24.3 Å². The van der Waals surface area contributed by atoms with Crippen LogP contribution in [0.4, 0.5) is 0 Å². The van der Waals surface area contributed by atoms with Gasteiger partial charge < -0.3 is 14.5 Å². The van der Waals surface area contributed by atoms with Crippen molar-refractivity contribution < 1.29 is 0 Å². The third-order valence-electron chi connectivity index (χ3n) is 5.71. The molecule has 8 heteroatoms. The molecule has 140 valence electrons. The van der Waals surface area contributed by atoms with E-state index in [1.165, 1.54) is 5.56 Å². The number of hydrogen-bond donors (Lipinski definition) is 2. The van der Waals surface area contributed by atoms with Crippen molar-refractivity contribution in [3.05, 3.63) is 66.4 Å². The van der Waals surface area contributed by atoms with E-state index in [1.54, 1.807) is 0 Å². The molecule has 5 heterocycles. The average molecular weight is 372 g/mol. The fourth-order valence-corrected chi connectivity index (χ4v) is 4.24. The van der Waals surface area contributed by atoms with Crippen LogP contribution in [0.1, 0.15) is 29.7 Å². The van der Waals surface area contributed by atoms with Crippen LogP contribution in [-0.2, 0) is 19.5 Å². The molecule has 6 rings (SSSR count). The molecule has 0 spiro atoms. The Morgan fingerprint density at radius 1 is 1.07 bits per heavy atom. The van der Waals surface area contributed by atoms with E-state index >= 15 is 0 Å². The van der Waals surface area contributed by atoms with Crippen LogP contribution in [0.3, 0.4) is 0 Å². The predicted molar refractivity (Wildman–Crippen MR) is 105 cm³/mol. The molecule has 2 unspecified atom stereocenters. The van der Waals surface area contributed by atoms with E-state index in [4.69, 9.17) is 4.99 Å². The molecule has 8 nitrogen and oxygen atoms in total. The predicted octanol–water partition coefficient (Wildman–Crippen LogP) is 2.06. The molecule has 0 radical (unpaired) electrons. The number of benzene rings is 1. The summed E-state index contributed by atoms with van der Waals surface area (Å²) < 4.78 is 4.41. The lowest BCUT2D eigenvalue weighted by molar-refractivity contribution is 0.418. The van der Waals surface area contributed by atoms with Gasteiger partial charge in [0.2, 0.25) is 0 Å². The van der Waals surface area contributed by atoms with Crippen LogP contribution in [0, 0.1) is 0 Å². The van der Waals surface area contributed by atoms with Gasteiger partial charge in [0.25, 0.3) is 0 Å². The number of aromatic nitrogens is 6. The minimum Gasteiger partial charge on any atom is -0.363 e. The molecule has 0 amide bonds. The van der Waals surface area contributed by atoms with E-state index < -0.39 is 0 Å². The number of nitrogens with one attached hydrogen (secondary N) is 2. The van der Waals surface area contributed by atoms with Crippen molar-refractivity contribution >= 4 is 16.7 Å². The first-order chi connectivity index (χ1) is 13.8. The molecule has 28 heavy (non-hydrogen) atoms. The second-order valence-corrected chi connectivity index (χ2v) is 7.49. The topological polar surface area (TPSA) is 88.7 Å². The minimum absolute atomic E-state index is 0.0456. The highest BCUT2D eigenvalue weighted by atomic mass is 15.2. The first-order valence-electron chi connectivity index (χ1n) is 9.62. The quantitative estimate of drug-likeness (QED) is 0.564. The van der Waals surface area contributed by atoms with Gasteiger partial charge in [0.15, 0.2) is 11.7 Å². The number of aromatic amines is 1. The number of H-pyrrole nitrogens is 1. The Bertz CT molecular complexity index is 1180. The second kappa shape index (κ2) is 6.05. The molecule has 0 fully saturated rings. The molecule has 3 aromatic heterocycles. The monoisotopic (exact) mass is 372 g/mol. The standard InChI is InChI=1S/C20H20N8/c1-2-14-10-23-26-16(14)9-13(1)17-12-28-8-6-22-20(28)19(25-17)24-15-3-4-18-21-5-7-27(18)11-15/h1-2,5-10,15,17H,3-4,11-12H2,(H,23,26)(H,24,25). The van der Waals surface area contributed by atoms with Crippen molar-refractivity contribution in [2.45, 2.75) is 38.0 Å². The van der Waals surface area contributed by atoms with Gasteiger partial charge in [-0.2, -0.15) is 5.10 Å². The van der Waals surface area contributed by atoms with Crippen molar-refractivity contribution in [2.75, 3.05) is 0 Å². The third kappa shape index (κ3) is 2.52. The van der Waals surface area contributed by atoms with Crippen molar-refractivity contribution in [1.29, 1.82) is 0 Å². The highest BCUT2D eigenvalue weighted by Gasteiger charge is 2.26. The first-order valence-corrected chi connectivity index (χ1v) is 9.62.